The second-order valence-electron chi connectivity index (χ2n) is 7.19. The first-order valence-corrected chi connectivity index (χ1v) is 9.40. The normalized spacial score (nSPS) is 19.0. The first-order valence-electron chi connectivity index (χ1n) is 9.40. The van der Waals surface area contributed by atoms with Crippen LogP contribution in [0.3, 0.4) is 0 Å². The molecule has 4 aromatic carbocycles. The van der Waals surface area contributed by atoms with Crippen molar-refractivity contribution in [3.8, 4) is 5.75 Å². The van der Waals surface area contributed by atoms with E-state index in [0.717, 1.165) is 22.8 Å². The highest BCUT2D eigenvalue weighted by Gasteiger charge is 2.30. The number of fused-ring (bicyclic) bond motifs is 2. The molecule has 0 saturated carbocycles. The number of phenolic OH excluding ortho intramolecular Hbond substituents is 1. The highest BCUT2D eigenvalue weighted by molar-refractivity contribution is 5.88. The predicted molar refractivity (Wildman–Crippen MR) is 110 cm³/mol. The average molecular weight is 351 g/mol. The summed E-state index contributed by atoms with van der Waals surface area (Å²) in [6.45, 7) is 0. The van der Waals surface area contributed by atoms with Crippen LogP contribution in [0.5, 0.6) is 5.75 Å². The Kier molecular flexibility index (Phi) is 3.92. The Bertz CT molecular complexity index is 1100. The topological polar surface area (TPSA) is 32.3 Å². The van der Waals surface area contributed by atoms with Gasteiger partial charge in [-0.15, -0.1) is 0 Å². The summed E-state index contributed by atoms with van der Waals surface area (Å²) in [7, 11) is 0. The molecule has 2 nitrogen and oxygen atoms in total. The van der Waals surface area contributed by atoms with Crippen LogP contribution in [0, 0.1) is 0 Å². The molecule has 1 aliphatic rings. The third kappa shape index (κ3) is 2.79. The standard InChI is InChI=1S/C25H21NO/c27-23-15-14-17-8-4-6-12-20(17)24(23)25-21-13-7-5-11-19(21)16-22(26-25)18-9-2-1-3-10-18/h1-15,22,25-27H,16H2/t22-,25?/m1/s1. The van der Waals surface area contributed by atoms with Gasteiger partial charge in [-0.2, -0.15) is 0 Å². The van der Waals surface area contributed by atoms with Crippen LogP contribution in [0.1, 0.15) is 34.3 Å². The lowest BCUT2D eigenvalue weighted by Gasteiger charge is -2.34. The third-order valence-corrected chi connectivity index (χ3v) is 5.60. The second kappa shape index (κ2) is 6.57. The van der Waals surface area contributed by atoms with Gasteiger partial charge in [-0.1, -0.05) is 84.9 Å². The fourth-order valence-electron chi connectivity index (χ4n) is 4.30. The first-order chi connectivity index (χ1) is 13.3. The Morgan fingerprint density at radius 1 is 0.741 bits per heavy atom. The van der Waals surface area contributed by atoms with Crippen molar-refractivity contribution in [3.05, 3.63) is 113 Å². The molecule has 0 fully saturated rings. The summed E-state index contributed by atoms with van der Waals surface area (Å²) in [5.74, 6) is 0.342. The van der Waals surface area contributed by atoms with E-state index in [-0.39, 0.29) is 12.1 Å². The molecule has 0 amide bonds. The third-order valence-electron chi connectivity index (χ3n) is 5.60. The van der Waals surface area contributed by atoms with Crippen LogP contribution >= 0.6 is 0 Å². The molecule has 1 heterocycles. The Labute approximate surface area is 159 Å². The molecule has 27 heavy (non-hydrogen) atoms. The van der Waals surface area contributed by atoms with Crippen LogP contribution in [-0.4, -0.2) is 5.11 Å². The van der Waals surface area contributed by atoms with Crippen LogP contribution in [0.25, 0.3) is 10.8 Å². The van der Waals surface area contributed by atoms with E-state index in [4.69, 9.17) is 0 Å². The number of nitrogens with one attached hydrogen (secondary N) is 1. The van der Waals surface area contributed by atoms with Crippen LogP contribution in [0.15, 0.2) is 91.0 Å². The van der Waals surface area contributed by atoms with Crippen LogP contribution in [0.4, 0.5) is 0 Å². The smallest absolute Gasteiger partial charge is 0.121 e. The molecule has 0 aliphatic carbocycles. The van der Waals surface area contributed by atoms with Crippen molar-refractivity contribution in [3.63, 3.8) is 0 Å². The molecule has 0 bridgehead atoms. The minimum atomic E-state index is -0.0498. The fraction of sp³-hybridized carbons (Fsp3) is 0.120. The Morgan fingerprint density at radius 3 is 2.37 bits per heavy atom. The van der Waals surface area contributed by atoms with Crippen LogP contribution in [0.2, 0.25) is 0 Å². The van der Waals surface area contributed by atoms with E-state index >= 15 is 0 Å². The zero-order chi connectivity index (χ0) is 18.2. The average Bonchev–Trinajstić information content (AvgIpc) is 2.74. The molecule has 0 spiro atoms. The van der Waals surface area contributed by atoms with Gasteiger partial charge in [0.2, 0.25) is 0 Å². The molecule has 1 unspecified atom stereocenters. The lowest BCUT2D eigenvalue weighted by molar-refractivity contribution is 0.424. The van der Waals surface area contributed by atoms with E-state index < -0.39 is 0 Å². The van der Waals surface area contributed by atoms with Crippen molar-refractivity contribution in [1.82, 2.24) is 5.32 Å². The highest BCUT2D eigenvalue weighted by Crippen LogP contribution is 2.41. The summed E-state index contributed by atoms with van der Waals surface area (Å²) < 4.78 is 0. The van der Waals surface area contributed by atoms with Gasteiger partial charge in [-0.3, -0.25) is 5.32 Å². The van der Waals surface area contributed by atoms with Gasteiger partial charge < -0.3 is 5.11 Å². The number of rotatable bonds is 2. The van der Waals surface area contributed by atoms with E-state index in [1.807, 2.05) is 30.3 Å². The van der Waals surface area contributed by atoms with Gasteiger partial charge in [0, 0.05) is 11.6 Å². The predicted octanol–water partition coefficient (Wildman–Crippen LogP) is 5.52. The SMILES string of the molecule is Oc1ccc2ccccc2c1C1N[C@@H](c2ccccc2)Cc2ccccc21. The van der Waals surface area contributed by atoms with Crippen LogP contribution in [-0.2, 0) is 6.42 Å². The largest absolute Gasteiger partial charge is 0.508 e. The second-order valence-corrected chi connectivity index (χ2v) is 7.19. The van der Waals surface area contributed by atoms with Crippen molar-refractivity contribution in [2.45, 2.75) is 18.5 Å². The van der Waals surface area contributed by atoms with Gasteiger partial charge in [-0.05, 0) is 39.9 Å². The zero-order valence-corrected chi connectivity index (χ0v) is 15.0. The summed E-state index contributed by atoms with van der Waals surface area (Å²) in [5.41, 5.74) is 4.82. The molecular weight excluding hydrogens is 330 g/mol. The highest BCUT2D eigenvalue weighted by atomic mass is 16.3. The van der Waals surface area contributed by atoms with Gasteiger partial charge in [-0.25, -0.2) is 0 Å². The van der Waals surface area contributed by atoms with E-state index in [1.54, 1.807) is 0 Å². The maximum Gasteiger partial charge on any atom is 0.121 e. The molecule has 4 aromatic rings. The minimum absolute atomic E-state index is 0.0498. The summed E-state index contributed by atoms with van der Waals surface area (Å²) >= 11 is 0. The van der Waals surface area contributed by atoms with Crippen molar-refractivity contribution in [1.29, 1.82) is 0 Å². The number of hydrogen-bond acceptors (Lipinski definition) is 2. The Morgan fingerprint density at radius 2 is 1.48 bits per heavy atom. The molecule has 0 saturated heterocycles. The molecule has 2 N–H and O–H groups in total. The maximum absolute atomic E-state index is 10.8. The van der Waals surface area contributed by atoms with Crippen molar-refractivity contribution in [2.75, 3.05) is 0 Å². The monoisotopic (exact) mass is 351 g/mol. The van der Waals surface area contributed by atoms with Gasteiger partial charge in [0.25, 0.3) is 0 Å². The minimum Gasteiger partial charge on any atom is -0.508 e. The molecule has 132 valence electrons. The van der Waals surface area contributed by atoms with Gasteiger partial charge in [0.1, 0.15) is 5.75 Å². The molecule has 1 aliphatic heterocycles. The van der Waals surface area contributed by atoms with E-state index in [9.17, 15) is 5.11 Å². The molecule has 5 rings (SSSR count). The van der Waals surface area contributed by atoms with E-state index in [0.29, 0.717) is 5.75 Å². The van der Waals surface area contributed by atoms with Crippen molar-refractivity contribution in [2.24, 2.45) is 0 Å². The van der Waals surface area contributed by atoms with Gasteiger partial charge >= 0.3 is 0 Å². The molecule has 2 atom stereocenters. The molecule has 2 heteroatoms. The van der Waals surface area contributed by atoms with E-state index in [2.05, 4.69) is 66.0 Å². The number of hydrogen-bond donors (Lipinski definition) is 2. The van der Waals surface area contributed by atoms with Crippen LogP contribution < -0.4 is 5.32 Å². The summed E-state index contributed by atoms with van der Waals surface area (Å²) in [5, 5.41) is 16.9. The summed E-state index contributed by atoms with van der Waals surface area (Å²) in [4.78, 5) is 0. The quantitative estimate of drug-likeness (QED) is 0.498. The molecular formula is C25H21NO. The number of aromatic hydroxyl groups is 1. The lowest BCUT2D eigenvalue weighted by Crippen LogP contribution is -2.34. The number of phenols is 1. The van der Waals surface area contributed by atoms with Gasteiger partial charge in [0.05, 0.1) is 6.04 Å². The zero-order valence-electron chi connectivity index (χ0n) is 15.0. The fourth-order valence-corrected chi connectivity index (χ4v) is 4.30. The lowest BCUT2D eigenvalue weighted by atomic mass is 9.83. The van der Waals surface area contributed by atoms with Gasteiger partial charge in [0.15, 0.2) is 0 Å². The number of benzene rings is 4. The molecule has 0 aromatic heterocycles. The van der Waals surface area contributed by atoms with Crippen molar-refractivity contribution < 1.29 is 5.11 Å². The Balaban J connectivity index is 1.70. The Hall–Kier alpha value is -3.10. The summed E-state index contributed by atoms with van der Waals surface area (Å²) in [6.07, 6.45) is 0.947. The first kappa shape index (κ1) is 16.1. The van der Waals surface area contributed by atoms with E-state index in [1.165, 1.54) is 16.7 Å². The summed E-state index contributed by atoms with van der Waals surface area (Å²) in [6, 6.07) is 31.4. The van der Waals surface area contributed by atoms with Crippen molar-refractivity contribution >= 4 is 10.8 Å². The maximum atomic E-state index is 10.8. The molecule has 0 radical (unpaired) electrons.